The molecule has 4 fully saturated rings. The lowest BCUT2D eigenvalue weighted by Crippen LogP contribution is -2.47. The maximum atomic E-state index is 13.2. The number of aromatic nitrogens is 2. The number of hydrogen-bond acceptors (Lipinski definition) is 3. The number of hydrogen-bond donors (Lipinski definition) is 3. The van der Waals surface area contributed by atoms with E-state index in [9.17, 15) is 4.79 Å². The number of fused-ring (bicyclic) bond motifs is 2. The molecule has 5 nitrogen and oxygen atoms in total. The van der Waals surface area contributed by atoms with Gasteiger partial charge in [-0.1, -0.05) is 24.3 Å². The molecule has 2 aromatic heterocycles. The number of nitrogens with one attached hydrogen (secondary N) is 3. The minimum atomic E-state index is 0.172. The Balaban J connectivity index is 1.02. The van der Waals surface area contributed by atoms with Gasteiger partial charge in [-0.2, -0.15) is 0 Å². The van der Waals surface area contributed by atoms with Crippen LogP contribution in [0.4, 0.5) is 11.5 Å². The van der Waals surface area contributed by atoms with E-state index in [4.69, 9.17) is 4.98 Å². The highest BCUT2D eigenvalue weighted by molar-refractivity contribution is 6.01. The lowest BCUT2D eigenvalue weighted by atomic mass is 9.49. The maximum Gasteiger partial charge on any atom is 0.224 e. The molecule has 0 saturated heterocycles. The molecule has 0 aliphatic heterocycles. The number of H-pyrrole nitrogens is 1. The van der Waals surface area contributed by atoms with E-state index in [1.165, 1.54) is 55.0 Å². The summed E-state index contributed by atoms with van der Waals surface area (Å²) in [6.07, 6.45) is 11.7. The summed E-state index contributed by atoms with van der Waals surface area (Å²) in [5.41, 5.74) is 4.51. The first kappa shape index (κ1) is 21.9. The van der Waals surface area contributed by atoms with Gasteiger partial charge < -0.3 is 15.6 Å². The number of para-hydroxylation sites is 1. The fourth-order valence-electron chi connectivity index (χ4n) is 8.07. The molecule has 5 heteroatoms. The number of rotatable bonds is 7. The summed E-state index contributed by atoms with van der Waals surface area (Å²) in [4.78, 5) is 21.4. The molecule has 0 atom stereocenters. The van der Waals surface area contributed by atoms with Gasteiger partial charge in [-0.3, -0.25) is 4.79 Å². The van der Waals surface area contributed by atoms with Crippen LogP contribution in [0.5, 0.6) is 0 Å². The topological polar surface area (TPSA) is 69.8 Å². The number of anilines is 2. The molecule has 184 valence electrons. The van der Waals surface area contributed by atoms with Crippen molar-refractivity contribution in [3.63, 3.8) is 0 Å². The van der Waals surface area contributed by atoms with Gasteiger partial charge in [0.2, 0.25) is 5.91 Å². The number of nitrogens with zero attached hydrogens (tertiary/aromatic N) is 1. The molecule has 2 aromatic carbocycles. The van der Waals surface area contributed by atoms with Crippen molar-refractivity contribution < 1.29 is 4.79 Å². The molecule has 0 spiro atoms. The Kier molecular flexibility index (Phi) is 5.26. The van der Waals surface area contributed by atoms with Gasteiger partial charge in [0, 0.05) is 35.5 Å². The first-order chi connectivity index (χ1) is 17.6. The molecule has 4 aliphatic rings. The van der Waals surface area contributed by atoms with E-state index >= 15 is 0 Å². The standard InChI is InChI=1S/C31H34N4O/c36-30(18-31-15-20-12-21(16-31)14-22(13-20)17-31)35-28-7-3-6-27-25(28)8-9-29(34-27)32-11-10-23-19-33-26-5-2-1-4-24(23)26/h1-9,19-22,33H,10-18H2,(H,32,34)(H,35,36). The molecule has 36 heavy (non-hydrogen) atoms. The SMILES string of the molecule is O=C(CC12CC3CC(CC(C3)C1)C2)Nc1cccc2nc(NCCc3c[nH]c4ccccc34)ccc12. The summed E-state index contributed by atoms with van der Waals surface area (Å²) in [5, 5.41) is 9.00. The molecule has 4 aliphatic carbocycles. The van der Waals surface area contributed by atoms with Crippen molar-refractivity contribution in [2.24, 2.45) is 23.2 Å². The lowest BCUT2D eigenvalue weighted by Gasteiger charge is -2.56. The minimum absolute atomic E-state index is 0.172. The van der Waals surface area contributed by atoms with Crippen molar-refractivity contribution in [2.45, 2.75) is 51.4 Å². The Morgan fingerprint density at radius 1 is 0.917 bits per heavy atom. The number of benzene rings is 2. The predicted molar refractivity (Wildman–Crippen MR) is 146 cm³/mol. The minimum Gasteiger partial charge on any atom is -0.370 e. The average Bonchev–Trinajstić information content (AvgIpc) is 3.26. The summed E-state index contributed by atoms with van der Waals surface area (Å²) in [5.74, 6) is 3.64. The smallest absolute Gasteiger partial charge is 0.224 e. The number of aromatic amines is 1. The molecule has 4 saturated carbocycles. The Labute approximate surface area is 212 Å². The van der Waals surface area contributed by atoms with Crippen LogP contribution in [0.15, 0.2) is 60.8 Å². The molecule has 3 N–H and O–H groups in total. The molecule has 0 radical (unpaired) electrons. The molecular formula is C31H34N4O. The molecule has 4 aromatic rings. The third-order valence-corrected chi connectivity index (χ3v) is 9.08. The van der Waals surface area contributed by atoms with Crippen molar-refractivity contribution in [3.8, 4) is 0 Å². The van der Waals surface area contributed by atoms with E-state index < -0.39 is 0 Å². The molecular weight excluding hydrogens is 444 g/mol. The lowest BCUT2D eigenvalue weighted by molar-refractivity contribution is -0.124. The van der Waals surface area contributed by atoms with Crippen LogP contribution in [-0.4, -0.2) is 22.4 Å². The Morgan fingerprint density at radius 3 is 2.50 bits per heavy atom. The van der Waals surface area contributed by atoms with Crippen LogP contribution in [0, 0.1) is 23.2 Å². The van der Waals surface area contributed by atoms with Gasteiger partial charge in [-0.15, -0.1) is 0 Å². The maximum absolute atomic E-state index is 13.2. The second kappa shape index (κ2) is 8.65. The summed E-state index contributed by atoms with van der Waals surface area (Å²) in [7, 11) is 0. The largest absolute Gasteiger partial charge is 0.370 e. The van der Waals surface area contributed by atoms with E-state index in [2.05, 4.69) is 52.1 Å². The van der Waals surface area contributed by atoms with Gasteiger partial charge in [0.1, 0.15) is 5.82 Å². The number of amides is 1. The normalized spacial score (nSPS) is 26.5. The highest BCUT2D eigenvalue weighted by Gasteiger charge is 2.51. The zero-order valence-electron chi connectivity index (χ0n) is 20.7. The van der Waals surface area contributed by atoms with Crippen LogP contribution >= 0.6 is 0 Å². The predicted octanol–water partition coefficient (Wildman–Crippen LogP) is 6.92. The van der Waals surface area contributed by atoms with E-state index in [1.807, 2.05) is 24.3 Å². The fourth-order valence-corrected chi connectivity index (χ4v) is 8.07. The number of carbonyl (C=O) groups excluding carboxylic acids is 1. The monoisotopic (exact) mass is 478 g/mol. The summed E-state index contributed by atoms with van der Waals surface area (Å²) >= 11 is 0. The first-order valence-corrected chi connectivity index (χ1v) is 13.6. The van der Waals surface area contributed by atoms with Crippen molar-refractivity contribution in [3.05, 3.63) is 66.4 Å². The average molecular weight is 479 g/mol. The van der Waals surface area contributed by atoms with Crippen molar-refractivity contribution in [2.75, 3.05) is 17.2 Å². The number of carbonyl (C=O) groups is 1. The molecule has 0 unspecified atom stereocenters. The van der Waals surface area contributed by atoms with Crippen LogP contribution in [0.25, 0.3) is 21.8 Å². The van der Waals surface area contributed by atoms with Gasteiger partial charge in [-0.05, 0) is 104 Å². The quantitative estimate of drug-likeness (QED) is 0.270. The highest BCUT2D eigenvalue weighted by Crippen LogP contribution is 2.61. The summed E-state index contributed by atoms with van der Waals surface area (Å²) in [6.45, 7) is 0.807. The van der Waals surface area contributed by atoms with Crippen molar-refractivity contribution in [1.29, 1.82) is 0 Å². The second-order valence-electron chi connectivity index (χ2n) is 11.7. The molecule has 4 bridgehead atoms. The van der Waals surface area contributed by atoms with Gasteiger partial charge in [0.15, 0.2) is 0 Å². The van der Waals surface area contributed by atoms with E-state index in [0.717, 1.165) is 53.1 Å². The van der Waals surface area contributed by atoms with Crippen LogP contribution in [0.2, 0.25) is 0 Å². The third-order valence-electron chi connectivity index (χ3n) is 9.08. The zero-order valence-corrected chi connectivity index (χ0v) is 20.7. The van der Waals surface area contributed by atoms with Gasteiger partial charge in [0.05, 0.1) is 11.2 Å². The Hall–Kier alpha value is -3.34. The van der Waals surface area contributed by atoms with E-state index in [1.54, 1.807) is 0 Å². The van der Waals surface area contributed by atoms with Crippen molar-refractivity contribution >= 4 is 39.2 Å². The molecule has 8 rings (SSSR count). The Bertz CT molecular complexity index is 1400. The zero-order chi connectivity index (χ0) is 24.1. The molecule has 1 amide bonds. The summed E-state index contributed by atoms with van der Waals surface area (Å²) < 4.78 is 0. The van der Waals surface area contributed by atoms with Gasteiger partial charge in [-0.25, -0.2) is 4.98 Å². The van der Waals surface area contributed by atoms with Crippen LogP contribution in [0.1, 0.15) is 50.5 Å². The van der Waals surface area contributed by atoms with E-state index in [0.29, 0.717) is 6.42 Å². The van der Waals surface area contributed by atoms with Crippen LogP contribution in [0.3, 0.4) is 0 Å². The van der Waals surface area contributed by atoms with Crippen LogP contribution in [-0.2, 0) is 11.2 Å². The van der Waals surface area contributed by atoms with Crippen LogP contribution < -0.4 is 10.6 Å². The van der Waals surface area contributed by atoms with Gasteiger partial charge in [0.25, 0.3) is 0 Å². The first-order valence-electron chi connectivity index (χ1n) is 13.6. The Morgan fingerprint density at radius 2 is 1.69 bits per heavy atom. The highest BCUT2D eigenvalue weighted by atomic mass is 16.1. The van der Waals surface area contributed by atoms with E-state index in [-0.39, 0.29) is 11.3 Å². The van der Waals surface area contributed by atoms with Gasteiger partial charge >= 0.3 is 0 Å². The van der Waals surface area contributed by atoms with Crippen molar-refractivity contribution in [1.82, 2.24) is 9.97 Å². The third kappa shape index (κ3) is 4.04. The fraction of sp³-hybridized carbons (Fsp3) is 0.419. The summed E-state index contributed by atoms with van der Waals surface area (Å²) in [6, 6.07) is 18.5. The second-order valence-corrected chi connectivity index (χ2v) is 11.7. The number of pyridine rings is 1. The molecule has 2 heterocycles.